The van der Waals surface area contributed by atoms with Crippen LogP contribution in [-0.4, -0.2) is 42.5 Å². The molecule has 0 bridgehead atoms. The van der Waals surface area contributed by atoms with Crippen molar-refractivity contribution in [1.82, 2.24) is 10.2 Å². The third-order valence-electron chi connectivity index (χ3n) is 3.44. The van der Waals surface area contributed by atoms with Gasteiger partial charge in [0.2, 0.25) is 5.91 Å². The number of carbonyl (C=O) groups is 1. The Morgan fingerprint density at radius 3 is 2.82 bits per heavy atom. The summed E-state index contributed by atoms with van der Waals surface area (Å²) >= 11 is 0. The molecular formula is C13H27N3O. The third-order valence-corrected chi connectivity index (χ3v) is 3.44. The maximum Gasteiger partial charge on any atom is 0.234 e. The minimum Gasteiger partial charge on any atom is -0.355 e. The summed E-state index contributed by atoms with van der Waals surface area (Å²) in [4.78, 5) is 14.0. The van der Waals surface area contributed by atoms with E-state index in [-0.39, 0.29) is 5.91 Å². The third kappa shape index (κ3) is 5.50. The minimum atomic E-state index is 0.146. The number of likely N-dealkylation sites (tertiary alicyclic amines) is 1. The summed E-state index contributed by atoms with van der Waals surface area (Å²) in [5, 5.41) is 2.98. The van der Waals surface area contributed by atoms with Gasteiger partial charge in [-0.2, -0.15) is 0 Å². The molecule has 4 heteroatoms. The van der Waals surface area contributed by atoms with Crippen molar-refractivity contribution in [1.29, 1.82) is 0 Å². The van der Waals surface area contributed by atoms with Crippen LogP contribution < -0.4 is 11.1 Å². The summed E-state index contributed by atoms with van der Waals surface area (Å²) in [5.41, 5.74) is 5.90. The van der Waals surface area contributed by atoms with Crippen molar-refractivity contribution >= 4 is 5.91 Å². The zero-order chi connectivity index (χ0) is 12.8. The molecule has 0 aliphatic carbocycles. The second kappa shape index (κ2) is 6.97. The van der Waals surface area contributed by atoms with E-state index in [9.17, 15) is 4.79 Å². The van der Waals surface area contributed by atoms with Gasteiger partial charge in [0, 0.05) is 25.2 Å². The van der Waals surface area contributed by atoms with Gasteiger partial charge in [-0.25, -0.2) is 0 Å². The fourth-order valence-electron chi connectivity index (χ4n) is 2.23. The number of rotatable bonds is 5. The maximum atomic E-state index is 11.7. The highest BCUT2D eigenvalue weighted by molar-refractivity contribution is 5.78. The highest BCUT2D eigenvalue weighted by Gasteiger charge is 2.24. The Morgan fingerprint density at radius 2 is 2.24 bits per heavy atom. The molecule has 1 rings (SSSR count). The van der Waals surface area contributed by atoms with E-state index in [0.717, 1.165) is 32.4 Å². The number of hydrogen-bond acceptors (Lipinski definition) is 3. The second-order valence-electron chi connectivity index (χ2n) is 5.64. The first-order valence-electron chi connectivity index (χ1n) is 6.75. The SMILES string of the molecule is CC(C)CCNC(=O)CN1CCC(N)CC1C. The summed E-state index contributed by atoms with van der Waals surface area (Å²) in [7, 11) is 0. The van der Waals surface area contributed by atoms with E-state index in [4.69, 9.17) is 5.73 Å². The molecule has 1 aliphatic rings. The van der Waals surface area contributed by atoms with E-state index >= 15 is 0 Å². The number of carbonyl (C=O) groups excluding carboxylic acids is 1. The number of nitrogens with zero attached hydrogens (tertiary/aromatic N) is 1. The van der Waals surface area contributed by atoms with Crippen molar-refractivity contribution in [3.05, 3.63) is 0 Å². The molecule has 0 aromatic heterocycles. The second-order valence-corrected chi connectivity index (χ2v) is 5.64. The zero-order valence-corrected chi connectivity index (χ0v) is 11.4. The molecule has 2 atom stereocenters. The molecule has 3 N–H and O–H groups in total. The molecular weight excluding hydrogens is 214 g/mol. The normalized spacial score (nSPS) is 26.2. The molecule has 0 spiro atoms. The first-order chi connectivity index (χ1) is 7.99. The number of nitrogens with two attached hydrogens (primary N) is 1. The molecule has 1 amide bonds. The molecule has 1 fully saturated rings. The van der Waals surface area contributed by atoms with Gasteiger partial charge in [0.05, 0.1) is 6.54 Å². The summed E-state index contributed by atoms with van der Waals surface area (Å²) in [5.74, 6) is 0.787. The van der Waals surface area contributed by atoms with Crippen LogP contribution in [0.1, 0.15) is 40.0 Å². The van der Waals surface area contributed by atoms with Crippen molar-refractivity contribution in [2.75, 3.05) is 19.6 Å². The van der Waals surface area contributed by atoms with Crippen molar-refractivity contribution in [2.24, 2.45) is 11.7 Å². The van der Waals surface area contributed by atoms with Crippen molar-refractivity contribution < 1.29 is 4.79 Å². The highest BCUT2D eigenvalue weighted by Crippen LogP contribution is 2.14. The highest BCUT2D eigenvalue weighted by atomic mass is 16.2. The monoisotopic (exact) mass is 241 g/mol. The number of piperidine rings is 1. The lowest BCUT2D eigenvalue weighted by atomic mass is 9.99. The first kappa shape index (κ1) is 14.5. The summed E-state index contributed by atoms with van der Waals surface area (Å²) in [6.45, 7) is 8.74. The van der Waals surface area contributed by atoms with E-state index < -0.39 is 0 Å². The van der Waals surface area contributed by atoms with Crippen LogP contribution in [0.25, 0.3) is 0 Å². The zero-order valence-electron chi connectivity index (χ0n) is 11.4. The fraction of sp³-hybridized carbons (Fsp3) is 0.923. The van der Waals surface area contributed by atoms with E-state index in [2.05, 4.69) is 31.0 Å². The van der Waals surface area contributed by atoms with Crippen molar-refractivity contribution in [3.63, 3.8) is 0 Å². The van der Waals surface area contributed by atoms with Crippen LogP contribution in [0.3, 0.4) is 0 Å². The van der Waals surface area contributed by atoms with Gasteiger partial charge in [0.25, 0.3) is 0 Å². The lowest BCUT2D eigenvalue weighted by Crippen LogP contribution is -2.49. The summed E-state index contributed by atoms with van der Waals surface area (Å²) in [6, 6.07) is 0.736. The van der Waals surface area contributed by atoms with Crippen LogP contribution in [0.2, 0.25) is 0 Å². The maximum absolute atomic E-state index is 11.7. The largest absolute Gasteiger partial charge is 0.355 e. The van der Waals surface area contributed by atoms with Crippen molar-refractivity contribution in [2.45, 2.75) is 52.1 Å². The van der Waals surface area contributed by atoms with Crippen LogP contribution in [-0.2, 0) is 4.79 Å². The standard InChI is InChI=1S/C13H27N3O/c1-10(2)4-6-15-13(17)9-16-7-5-12(14)8-11(16)3/h10-12H,4-9,14H2,1-3H3,(H,15,17). The van der Waals surface area contributed by atoms with Crippen LogP contribution in [0.5, 0.6) is 0 Å². The lowest BCUT2D eigenvalue weighted by molar-refractivity contribution is -0.123. The summed E-state index contributed by atoms with van der Waals surface area (Å²) in [6.07, 6.45) is 3.05. The van der Waals surface area contributed by atoms with Gasteiger partial charge < -0.3 is 11.1 Å². The van der Waals surface area contributed by atoms with E-state index in [0.29, 0.717) is 24.5 Å². The van der Waals surface area contributed by atoms with Gasteiger partial charge in [-0.15, -0.1) is 0 Å². The van der Waals surface area contributed by atoms with Gasteiger partial charge in [0.15, 0.2) is 0 Å². The Balaban J connectivity index is 2.21. The van der Waals surface area contributed by atoms with Crippen LogP contribution in [0.15, 0.2) is 0 Å². The Labute approximate surface area is 105 Å². The van der Waals surface area contributed by atoms with Gasteiger partial charge >= 0.3 is 0 Å². The molecule has 100 valence electrons. The first-order valence-corrected chi connectivity index (χ1v) is 6.75. The lowest BCUT2D eigenvalue weighted by Gasteiger charge is -2.35. The molecule has 0 saturated carbocycles. The molecule has 0 aromatic carbocycles. The molecule has 1 aliphatic heterocycles. The fourth-order valence-corrected chi connectivity index (χ4v) is 2.23. The molecule has 2 unspecified atom stereocenters. The van der Waals surface area contributed by atoms with E-state index in [1.807, 2.05) is 0 Å². The van der Waals surface area contributed by atoms with Gasteiger partial charge in [-0.3, -0.25) is 9.69 Å². The predicted molar refractivity (Wildman–Crippen MR) is 70.7 cm³/mol. The number of hydrogen-bond donors (Lipinski definition) is 2. The van der Waals surface area contributed by atoms with Gasteiger partial charge in [-0.05, 0) is 32.1 Å². The van der Waals surface area contributed by atoms with Crippen molar-refractivity contribution in [3.8, 4) is 0 Å². The topological polar surface area (TPSA) is 58.4 Å². The Morgan fingerprint density at radius 1 is 1.53 bits per heavy atom. The number of nitrogens with one attached hydrogen (secondary N) is 1. The minimum absolute atomic E-state index is 0.146. The molecule has 17 heavy (non-hydrogen) atoms. The average molecular weight is 241 g/mol. The molecule has 0 aromatic rings. The van der Waals surface area contributed by atoms with Crippen LogP contribution in [0, 0.1) is 5.92 Å². The van der Waals surface area contributed by atoms with Crippen LogP contribution in [0.4, 0.5) is 0 Å². The molecule has 1 saturated heterocycles. The predicted octanol–water partition coefficient (Wildman–Crippen LogP) is 0.960. The van der Waals surface area contributed by atoms with Gasteiger partial charge in [0.1, 0.15) is 0 Å². The quantitative estimate of drug-likeness (QED) is 0.754. The van der Waals surface area contributed by atoms with E-state index in [1.165, 1.54) is 0 Å². The summed E-state index contributed by atoms with van der Waals surface area (Å²) < 4.78 is 0. The smallest absolute Gasteiger partial charge is 0.234 e. The van der Waals surface area contributed by atoms with E-state index in [1.54, 1.807) is 0 Å². The Kier molecular flexibility index (Phi) is 5.92. The number of amides is 1. The molecule has 1 heterocycles. The van der Waals surface area contributed by atoms with Gasteiger partial charge in [-0.1, -0.05) is 13.8 Å². The molecule has 4 nitrogen and oxygen atoms in total. The molecule has 0 radical (unpaired) electrons. The Bertz CT molecular complexity index is 243. The Hall–Kier alpha value is -0.610. The van der Waals surface area contributed by atoms with Crippen LogP contribution >= 0.6 is 0 Å². The average Bonchev–Trinajstić information content (AvgIpc) is 2.21.